The molecule has 1 unspecified atom stereocenters. The second-order valence-electron chi connectivity index (χ2n) is 2.19. The van der Waals surface area contributed by atoms with Gasteiger partial charge in [0.1, 0.15) is 0 Å². The molecule has 1 rings (SSSR count). The summed E-state index contributed by atoms with van der Waals surface area (Å²) in [4.78, 5) is 4.16. The van der Waals surface area contributed by atoms with Gasteiger partial charge in [-0.2, -0.15) is 0 Å². The number of pyridine rings is 1. The molecule has 0 aliphatic rings. The summed E-state index contributed by atoms with van der Waals surface area (Å²) in [6.45, 7) is 2.03. The molecule has 0 saturated heterocycles. The van der Waals surface area contributed by atoms with Gasteiger partial charge < -0.3 is 0 Å². The number of hydrogen-bond acceptors (Lipinski definition) is 1. The molecule has 0 spiro atoms. The monoisotopic (exact) mass is 135 g/mol. The number of hydrogen-bond donors (Lipinski definition) is 0. The van der Waals surface area contributed by atoms with Crippen LogP contribution in [0.4, 0.5) is 0 Å². The molecule has 0 aromatic carbocycles. The zero-order valence-electron chi connectivity index (χ0n) is 6.28. The van der Waals surface area contributed by atoms with E-state index < -0.39 is 0 Å². The van der Waals surface area contributed by atoms with Crippen LogP contribution in [0.15, 0.2) is 24.4 Å². The highest BCUT2D eigenvalue weighted by molar-refractivity contribution is 5.06. The molecule has 0 N–H and O–H groups in total. The molecule has 10 heavy (non-hydrogen) atoms. The van der Waals surface area contributed by atoms with Crippen LogP contribution in [-0.4, -0.2) is 12.0 Å². The van der Waals surface area contributed by atoms with Gasteiger partial charge in [0.05, 0.1) is 11.7 Å². The quantitative estimate of drug-likeness (QED) is 0.601. The Labute approximate surface area is 61.3 Å². The highest BCUT2D eigenvalue weighted by Gasteiger charge is 2.01. The van der Waals surface area contributed by atoms with E-state index in [9.17, 15) is 0 Å². The molecule has 1 aromatic rings. The van der Waals surface area contributed by atoms with Crippen LogP contribution in [0.2, 0.25) is 0 Å². The maximum Gasteiger partial charge on any atom is 0.0636 e. The van der Waals surface area contributed by atoms with Gasteiger partial charge in [-0.1, -0.05) is 6.07 Å². The topological polar surface area (TPSA) is 27.0 Å². The molecule has 0 aliphatic carbocycles. The third-order valence-electron chi connectivity index (χ3n) is 1.50. The van der Waals surface area contributed by atoms with Crippen molar-refractivity contribution >= 4 is 0 Å². The summed E-state index contributed by atoms with van der Waals surface area (Å²) < 4.78 is 0. The first-order valence-corrected chi connectivity index (χ1v) is 3.34. The maximum absolute atomic E-state index is 4.16. The first kappa shape index (κ1) is 7.22. The van der Waals surface area contributed by atoms with E-state index >= 15 is 0 Å². The Kier molecular flexibility index (Phi) is 2.40. The zero-order valence-corrected chi connectivity index (χ0v) is 6.28. The first-order chi connectivity index (χ1) is 4.84. The fraction of sp³-hybridized carbons (Fsp3) is 0.375. The van der Waals surface area contributed by atoms with E-state index in [0.29, 0.717) is 0 Å². The Morgan fingerprint density at radius 2 is 2.30 bits per heavy atom. The average Bonchev–Trinajstić information content (AvgIpc) is 2.05. The molecule has 0 amide bonds. The van der Waals surface area contributed by atoms with Crippen molar-refractivity contribution in [3.05, 3.63) is 30.1 Å². The second-order valence-corrected chi connectivity index (χ2v) is 2.19. The van der Waals surface area contributed by atoms with Crippen molar-refractivity contribution < 1.29 is 0 Å². The van der Waals surface area contributed by atoms with Crippen molar-refractivity contribution in [2.75, 3.05) is 7.05 Å². The maximum atomic E-state index is 4.16. The molecule has 0 fully saturated rings. The Morgan fingerprint density at radius 1 is 1.50 bits per heavy atom. The predicted octanol–water partition coefficient (Wildman–Crippen LogP) is 1.38. The molecule has 0 bridgehead atoms. The first-order valence-electron chi connectivity index (χ1n) is 3.34. The summed E-state index contributed by atoms with van der Waals surface area (Å²) in [5, 5.41) is 4.10. The number of rotatable bonds is 2. The lowest BCUT2D eigenvalue weighted by Gasteiger charge is -2.05. The Balaban J connectivity index is 2.75. The highest BCUT2D eigenvalue weighted by atomic mass is 14.9. The molecule has 0 aliphatic heterocycles. The summed E-state index contributed by atoms with van der Waals surface area (Å²) >= 11 is 0. The van der Waals surface area contributed by atoms with Gasteiger partial charge in [-0.05, 0) is 19.1 Å². The fourth-order valence-electron chi connectivity index (χ4n) is 0.755. The number of nitrogens with zero attached hydrogens (tertiary/aromatic N) is 2. The van der Waals surface area contributed by atoms with Crippen molar-refractivity contribution in [1.29, 1.82) is 0 Å². The van der Waals surface area contributed by atoms with E-state index in [1.54, 1.807) is 13.2 Å². The normalized spacial score (nSPS) is 13.0. The minimum absolute atomic E-state index is 0.223. The summed E-state index contributed by atoms with van der Waals surface area (Å²) in [6, 6.07) is 6.09. The molecule has 2 nitrogen and oxygen atoms in total. The summed E-state index contributed by atoms with van der Waals surface area (Å²) in [5.74, 6) is 0. The van der Waals surface area contributed by atoms with Crippen LogP contribution in [0.1, 0.15) is 18.7 Å². The minimum atomic E-state index is 0.223. The van der Waals surface area contributed by atoms with Crippen molar-refractivity contribution in [3.8, 4) is 0 Å². The molecule has 53 valence electrons. The van der Waals surface area contributed by atoms with Crippen LogP contribution >= 0.6 is 0 Å². The third kappa shape index (κ3) is 1.54. The molecule has 1 heterocycles. The molecular formula is C8H11N2. The molecule has 1 radical (unpaired) electrons. The molecule has 1 aromatic heterocycles. The molecule has 2 heteroatoms. The van der Waals surface area contributed by atoms with E-state index in [2.05, 4.69) is 10.3 Å². The minimum Gasteiger partial charge on any atom is -0.260 e. The SMILES string of the molecule is C[N]C(C)c1ccccn1. The lowest BCUT2D eigenvalue weighted by Crippen LogP contribution is -2.06. The van der Waals surface area contributed by atoms with Gasteiger partial charge in [-0.3, -0.25) is 4.98 Å². The molecule has 0 saturated carbocycles. The van der Waals surface area contributed by atoms with E-state index in [4.69, 9.17) is 0 Å². The molecule has 1 atom stereocenters. The predicted molar refractivity (Wildman–Crippen MR) is 40.7 cm³/mol. The Morgan fingerprint density at radius 3 is 2.80 bits per heavy atom. The second kappa shape index (κ2) is 3.32. The van der Waals surface area contributed by atoms with Crippen LogP contribution in [0.5, 0.6) is 0 Å². The van der Waals surface area contributed by atoms with Gasteiger partial charge in [-0.25, -0.2) is 5.32 Å². The number of aromatic nitrogens is 1. The van der Waals surface area contributed by atoms with Gasteiger partial charge in [-0.15, -0.1) is 0 Å². The van der Waals surface area contributed by atoms with Crippen molar-refractivity contribution in [1.82, 2.24) is 10.3 Å². The van der Waals surface area contributed by atoms with Gasteiger partial charge in [0, 0.05) is 13.2 Å². The third-order valence-corrected chi connectivity index (χ3v) is 1.50. The largest absolute Gasteiger partial charge is 0.260 e. The van der Waals surface area contributed by atoms with Gasteiger partial charge in [0.15, 0.2) is 0 Å². The molecular weight excluding hydrogens is 124 g/mol. The van der Waals surface area contributed by atoms with Crippen LogP contribution in [0.25, 0.3) is 0 Å². The van der Waals surface area contributed by atoms with Crippen LogP contribution in [0, 0.1) is 0 Å². The highest BCUT2D eigenvalue weighted by Crippen LogP contribution is 2.06. The van der Waals surface area contributed by atoms with Crippen LogP contribution in [0.3, 0.4) is 0 Å². The van der Waals surface area contributed by atoms with Gasteiger partial charge >= 0.3 is 0 Å². The van der Waals surface area contributed by atoms with E-state index in [1.807, 2.05) is 25.1 Å². The van der Waals surface area contributed by atoms with Crippen LogP contribution in [-0.2, 0) is 0 Å². The van der Waals surface area contributed by atoms with E-state index in [0.717, 1.165) is 5.69 Å². The fourth-order valence-corrected chi connectivity index (χ4v) is 0.755. The summed E-state index contributed by atoms with van der Waals surface area (Å²) in [7, 11) is 1.80. The van der Waals surface area contributed by atoms with Gasteiger partial charge in [0.25, 0.3) is 0 Å². The van der Waals surface area contributed by atoms with Crippen molar-refractivity contribution in [2.24, 2.45) is 0 Å². The summed E-state index contributed by atoms with van der Waals surface area (Å²) in [6.07, 6.45) is 1.79. The van der Waals surface area contributed by atoms with Gasteiger partial charge in [0.2, 0.25) is 0 Å². The summed E-state index contributed by atoms with van der Waals surface area (Å²) in [5.41, 5.74) is 1.03. The average molecular weight is 135 g/mol. The lowest BCUT2D eigenvalue weighted by molar-refractivity contribution is 0.620. The van der Waals surface area contributed by atoms with Crippen molar-refractivity contribution in [2.45, 2.75) is 13.0 Å². The standard InChI is InChI=1S/C8H11N2/c1-7(9-2)8-5-3-4-6-10-8/h3-7H,1-2H3. The Bertz CT molecular complexity index is 184. The lowest BCUT2D eigenvalue weighted by atomic mass is 10.2. The Hall–Kier alpha value is -0.890. The van der Waals surface area contributed by atoms with E-state index in [1.165, 1.54) is 0 Å². The van der Waals surface area contributed by atoms with Crippen LogP contribution < -0.4 is 5.32 Å². The van der Waals surface area contributed by atoms with E-state index in [-0.39, 0.29) is 6.04 Å². The zero-order chi connectivity index (χ0) is 7.40. The van der Waals surface area contributed by atoms with Crippen molar-refractivity contribution in [3.63, 3.8) is 0 Å². The smallest absolute Gasteiger partial charge is 0.0636 e.